The predicted molar refractivity (Wildman–Crippen MR) is 112 cm³/mol. The Morgan fingerprint density at radius 1 is 1.27 bits per heavy atom. The van der Waals surface area contributed by atoms with Crippen LogP contribution < -0.4 is 5.32 Å². The number of nitrogens with one attached hydrogen (secondary N) is 2. The molecule has 0 radical (unpaired) electrons. The van der Waals surface area contributed by atoms with Gasteiger partial charge in [-0.3, -0.25) is 14.9 Å². The Bertz CT molecular complexity index is 1120. The van der Waals surface area contributed by atoms with E-state index in [2.05, 4.69) is 49.5 Å². The Morgan fingerprint density at radius 2 is 2.13 bits per heavy atom. The number of hydrogen-bond donors (Lipinski definition) is 2. The number of amides is 1. The summed E-state index contributed by atoms with van der Waals surface area (Å²) in [5.74, 6) is 1.09. The van der Waals surface area contributed by atoms with E-state index < -0.39 is 6.04 Å². The van der Waals surface area contributed by atoms with Crippen molar-refractivity contribution in [3.05, 3.63) is 52.4 Å². The summed E-state index contributed by atoms with van der Waals surface area (Å²) >= 11 is 1.61. The predicted octanol–water partition coefficient (Wildman–Crippen LogP) is 3.80. The average molecular weight is 424 g/mol. The van der Waals surface area contributed by atoms with Crippen molar-refractivity contribution < 1.29 is 9.32 Å². The van der Waals surface area contributed by atoms with Gasteiger partial charge in [0.1, 0.15) is 12.4 Å². The third-order valence-corrected chi connectivity index (χ3v) is 5.21. The van der Waals surface area contributed by atoms with E-state index in [1.54, 1.807) is 17.4 Å². The third kappa shape index (κ3) is 4.28. The molecule has 30 heavy (non-hydrogen) atoms. The fourth-order valence-electron chi connectivity index (χ4n) is 3.09. The molecule has 4 aromatic rings. The minimum Gasteiger partial charge on any atom is -0.340 e. The van der Waals surface area contributed by atoms with E-state index in [-0.39, 0.29) is 5.91 Å². The molecular formula is C20H21N7O2S. The molecule has 2 N–H and O–H groups in total. The average Bonchev–Trinajstić information content (AvgIpc) is 3.49. The van der Waals surface area contributed by atoms with Crippen molar-refractivity contribution in [2.75, 3.05) is 0 Å². The topological polar surface area (TPSA) is 122 Å². The molecule has 0 spiro atoms. The number of aryl methyl sites for hydroxylation is 1. The van der Waals surface area contributed by atoms with Crippen LogP contribution in [0.4, 0.5) is 0 Å². The van der Waals surface area contributed by atoms with Gasteiger partial charge in [-0.1, -0.05) is 19.0 Å². The molecule has 9 nitrogen and oxygen atoms in total. The molecule has 10 heteroatoms. The second kappa shape index (κ2) is 8.54. The highest BCUT2D eigenvalue weighted by molar-refractivity contribution is 7.08. The molecule has 4 rings (SSSR count). The van der Waals surface area contributed by atoms with Gasteiger partial charge in [-0.25, -0.2) is 4.98 Å². The maximum Gasteiger partial charge on any atom is 0.253 e. The van der Waals surface area contributed by atoms with Gasteiger partial charge in [0.05, 0.1) is 17.0 Å². The van der Waals surface area contributed by atoms with Crippen LogP contribution in [0.5, 0.6) is 0 Å². The van der Waals surface area contributed by atoms with Crippen LogP contribution in [0, 0.1) is 12.8 Å². The van der Waals surface area contributed by atoms with Crippen LogP contribution in [0.2, 0.25) is 0 Å². The highest BCUT2D eigenvalue weighted by Gasteiger charge is 2.25. The smallest absolute Gasteiger partial charge is 0.253 e. The summed E-state index contributed by atoms with van der Waals surface area (Å²) in [5.41, 5.74) is 3.06. The van der Waals surface area contributed by atoms with Crippen molar-refractivity contribution in [1.82, 2.24) is 35.6 Å². The monoisotopic (exact) mass is 423 g/mol. The van der Waals surface area contributed by atoms with Gasteiger partial charge in [-0.2, -0.15) is 21.4 Å². The number of aromatic amines is 1. The Labute approximate surface area is 177 Å². The Morgan fingerprint density at radius 3 is 2.80 bits per heavy atom. The van der Waals surface area contributed by atoms with E-state index in [0.29, 0.717) is 41.1 Å². The van der Waals surface area contributed by atoms with E-state index in [1.807, 2.05) is 29.8 Å². The van der Waals surface area contributed by atoms with E-state index in [0.717, 1.165) is 11.3 Å². The lowest BCUT2D eigenvalue weighted by Crippen LogP contribution is -2.30. The molecule has 0 aliphatic rings. The summed E-state index contributed by atoms with van der Waals surface area (Å²) in [6.07, 6.45) is 2.01. The van der Waals surface area contributed by atoms with Gasteiger partial charge < -0.3 is 9.84 Å². The van der Waals surface area contributed by atoms with Crippen molar-refractivity contribution in [2.24, 2.45) is 5.92 Å². The number of H-pyrrole nitrogens is 1. The molecule has 1 atom stereocenters. The van der Waals surface area contributed by atoms with Crippen LogP contribution >= 0.6 is 11.3 Å². The van der Waals surface area contributed by atoms with Crippen LogP contribution in [0.25, 0.3) is 22.9 Å². The molecule has 0 saturated carbocycles. The second-order valence-corrected chi connectivity index (χ2v) is 8.07. The molecule has 154 valence electrons. The summed E-state index contributed by atoms with van der Waals surface area (Å²) in [6, 6.07) is 5.23. The van der Waals surface area contributed by atoms with Gasteiger partial charge in [0.2, 0.25) is 11.7 Å². The largest absolute Gasteiger partial charge is 0.340 e. The van der Waals surface area contributed by atoms with E-state index in [9.17, 15) is 4.79 Å². The molecule has 0 saturated heterocycles. The quantitative estimate of drug-likeness (QED) is 0.463. The van der Waals surface area contributed by atoms with Gasteiger partial charge in [-0.15, -0.1) is 0 Å². The number of thiophene rings is 1. The highest BCUT2D eigenvalue weighted by atomic mass is 32.1. The number of aromatic nitrogens is 6. The number of carbonyl (C=O) groups excluding carboxylic acids is 1. The van der Waals surface area contributed by atoms with Crippen molar-refractivity contribution in [3.63, 3.8) is 0 Å². The minimum absolute atomic E-state index is 0.234. The van der Waals surface area contributed by atoms with Crippen molar-refractivity contribution in [1.29, 1.82) is 0 Å². The molecule has 1 amide bonds. The van der Waals surface area contributed by atoms with Crippen LogP contribution in [-0.4, -0.2) is 36.2 Å². The Balaban J connectivity index is 1.55. The van der Waals surface area contributed by atoms with Crippen LogP contribution in [0.15, 0.2) is 39.8 Å². The zero-order valence-corrected chi connectivity index (χ0v) is 17.6. The van der Waals surface area contributed by atoms with Gasteiger partial charge in [0.25, 0.3) is 5.91 Å². The molecule has 4 aromatic heterocycles. The molecule has 4 heterocycles. The van der Waals surface area contributed by atoms with Crippen LogP contribution in [-0.2, 0) is 0 Å². The molecule has 0 unspecified atom stereocenters. The zero-order chi connectivity index (χ0) is 21.1. The molecule has 0 bridgehead atoms. The molecule has 0 aromatic carbocycles. The fraction of sp³-hybridized carbons (Fsp3) is 0.300. The molecule has 0 aliphatic heterocycles. The first-order valence-corrected chi connectivity index (χ1v) is 10.5. The summed E-state index contributed by atoms with van der Waals surface area (Å²) in [7, 11) is 0. The SMILES string of the molecule is Cc1nc(-c2ccsc2)ccc1C(=O)N[C@@H](CC(C)C)c1nc(-c2ncn[nH]2)no1. The molecule has 0 fully saturated rings. The second-order valence-electron chi connectivity index (χ2n) is 7.29. The number of carbonyl (C=O) groups is 1. The lowest BCUT2D eigenvalue weighted by atomic mass is 10.0. The minimum atomic E-state index is -0.433. The Hall–Kier alpha value is -3.40. The number of rotatable bonds is 7. The van der Waals surface area contributed by atoms with Gasteiger partial charge in [-0.05, 0) is 42.8 Å². The maximum atomic E-state index is 13.0. The van der Waals surface area contributed by atoms with Crippen LogP contribution in [0.3, 0.4) is 0 Å². The van der Waals surface area contributed by atoms with E-state index in [1.165, 1.54) is 6.33 Å². The third-order valence-electron chi connectivity index (χ3n) is 4.53. The normalized spacial score (nSPS) is 12.3. The standard InChI is InChI=1S/C20H21N7O2S/c1-11(2)8-16(20-25-18(27-29-20)17-21-10-22-26-17)24-19(28)14-4-5-15(23-12(14)3)13-6-7-30-9-13/h4-7,9-11,16H,8H2,1-3H3,(H,24,28)(H,21,22,26)/t16-/m0/s1. The lowest BCUT2D eigenvalue weighted by Gasteiger charge is -2.17. The zero-order valence-electron chi connectivity index (χ0n) is 16.8. The first-order chi connectivity index (χ1) is 14.5. The number of nitrogens with zero attached hydrogens (tertiary/aromatic N) is 5. The van der Waals surface area contributed by atoms with Gasteiger partial charge in [0, 0.05) is 10.9 Å². The maximum absolute atomic E-state index is 13.0. The van der Waals surface area contributed by atoms with E-state index >= 15 is 0 Å². The molecular weight excluding hydrogens is 402 g/mol. The first-order valence-electron chi connectivity index (χ1n) is 9.51. The molecule has 0 aliphatic carbocycles. The van der Waals surface area contributed by atoms with Gasteiger partial charge >= 0.3 is 0 Å². The summed E-state index contributed by atoms with van der Waals surface area (Å²) in [6.45, 7) is 5.96. The van der Waals surface area contributed by atoms with Crippen molar-refractivity contribution >= 4 is 17.2 Å². The van der Waals surface area contributed by atoms with E-state index in [4.69, 9.17) is 4.52 Å². The van der Waals surface area contributed by atoms with Crippen molar-refractivity contribution in [3.8, 4) is 22.9 Å². The lowest BCUT2D eigenvalue weighted by molar-refractivity contribution is 0.0921. The highest BCUT2D eigenvalue weighted by Crippen LogP contribution is 2.24. The summed E-state index contributed by atoms with van der Waals surface area (Å²) < 4.78 is 5.41. The van der Waals surface area contributed by atoms with Gasteiger partial charge in [0.15, 0.2) is 5.82 Å². The Kier molecular flexibility index (Phi) is 5.66. The van der Waals surface area contributed by atoms with Crippen LogP contribution in [0.1, 0.15) is 48.3 Å². The fourth-order valence-corrected chi connectivity index (χ4v) is 3.74. The number of hydrogen-bond acceptors (Lipinski definition) is 8. The number of pyridine rings is 1. The first kappa shape index (κ1) is 19.9. The summed E-state index contributed by atoms with van der Waals surface area (Å²) in [4.78, 5) is 26.0. The summed E-state index contributed by atoms with van der Waals surface area (Å²) in [5, 5.41) is 17.5. The van der Waals surface area contributed by atoms with Crippen molar-refractivity contribution in [2.45, 2.75) is 33.2 Å².